The number of fused-ring (bicyclic) bond motifs is 5. The van der Waals surface area contributed by atoms with E-state index in [2.05, 4.69) is 36.3 Å². The molecule has 202 valence electrons. The molecule has 4 aliphatic rings. The molecule has 4 aliphatic carbocycles. The van der Waals surface area contributed by atoms with Crippen LogP contribution in [-0.2, 0) is 16.1 Å². The minimum absolute atomic E-state index is 0.00605. The zero-order chi connectivity index (χ0) is 25.7. The summed E-state index contributed by atoms with van der Waals surface area (Å²) >= 11 is 1.36. The first-order chi connectivity index (χ1) is 17.2. The van der Waals surface area contributed by atoms with Crippen molar-refractivity contribution in [3.63, 3.8) is 0 Å². The Morgan fingerprint density at radius 2 is 1.86 bits per heavy atom. The molecule has 5 rings (SSSR count). The quantitative estimate of drug-likeness (QED) is 0.467. The van der Waals surface area contributed by atoms with Gasteiger partial charge in [0.15, 0.2) is 0 Å². The number of methoxy groups -OCH3 is 1. The van der Waals surface area contributed by atoms with E-state index >= 15 is 0 Å². The molecule has 1 heterocycles. The minimum atomic E-state index is -0.238. The van der Waals surface area contributed by atoms with E-state index < -0.39 is 0 Å². The summed E-state index contributed by atoms with van der Waals surface area (Å²) in [5.41, 5.74) is 0.504. The van der Waals surface area contributed by atoms with Gasteiger partial charge in [0.25, 0.3) is 0 Å². The van der Waals surface area contributed by atoms with E-state index in [1.165, 1.54) is 37.0 Å². The average molecular weight is 520 g/mol. The average Bonchev–Trinajstić information content (AvgIpc) is 3.42. The smallest absolute Gasteiger partial charge is 0.226 e. The highest BCUT2D eigenvalue weighted by Crippen LogP contribution is 2.68. The fraction of sp³-hybridized carbons (Fsp3) is 0.893. The van der Waals surface area contributed by atoms with E-state index in [-0.39, 0.29) is 28.9 Å². The number of aliphatic hydroxyl groups is 2. The van der Waals surface area contributed by atoms with Gasteiger partial charge < -0.3 is 20.3 Å². The Morgan fingerprint density at radius 1 is 1.11 bits per heavy atom. The second kappa shape index (κ2) is 10.2. The highest BCUT2D eigenvalue weighted by atomic mass is 32.1. The van der Waals surface area contributed by atoms with E-state index in [0.717, 1.165) is 37.1 Å². The van der Waals surface area contributed by atoms with Gasteiger partial charge in [-0.25, -0.2) is 0 Å². The Labute approximate surface area is 219 Å². The molecule has 1 aromatic heterocycles. The first-order valence-corrected chi connectivity index (χ1v) is 14.9. The van der Waals surface area contributed by atoms with Gasteiger partial charge in [-0.05, 0) is 104 Å². The number of aliphatic hydroxyl groups excluding tert-OH is 2. The summed E-state index contributed by atoms with van der Waals surface area (Å²) in [5, 5.41) is 34.0. The Morgan fingerprint density at radius 3 is 2.64 bits per heavy atom. The fourth-order valence-corrected chi connectivity index (χ4v) is 10.1. The van der Waals surface area contributed by atoms with Crippen LogP contribution in [0.3, 0.4) is 0 Å². The van der Waals surface area contributed by atoms with Crippen molar-refractivity contribution in [2.24, 2.45) is 46.3 Å². The number of hydrogen-bond acceptors (Lipinski definition) is 7. The summed E-state index contributed by atoms with van der Waals surface area (Å²) < 4.78 is 5.08. The highest BCUT2D eigenvalue weighted by molar-refractivity contribution is 7.15. The molecule has 1 amide bonds. The maximum atomic E-state index is 12.6. The molecule has 0 bridgehead atoms. The lowest BCUT2D eigenvalue weighted by atomic mass is 9.43. The lowest BCUT2D eigenvalue weighted by Gasteiger charge is -2.62. The molecular weight excluding hydrogens is 474 g/mol. The third-order valence-corrected chi connectivity index (χ3v) is 12.0. The monoisotopic (exact) mass is 519 g/mol. The molecule has 4 saturated carbocycles. The van der Waals surface area contributed by atoms with Crippen molar-refractivity contribution >= 4 is 22.4 Å². The van der Waals surface area contributed by atoms with Crippen molar-refractivity contribution in [3.8, 4) is 0 Å². The van der Waals surface area contributed by atoms with Crippen LogP contribution in [0.2, 0.25) is 0 Å². The molecule has 0 unspecified atom stereocenters. The van der Waals surface area contributed by atoms with E-state index in [1.54, 1.807) is 7.11 Å². The number of nitrogens with one attached hydrogen (secondary N) is 1. The standard InChI is InChI=1S/C28H45N3O4S/c1-16(5-8-23(34)29-26-31-30-24(36-26)15-35-4)19-6-7-20-25-21(10-12-28(19,20)3)27(2)11-9-18(32)13-17(27)14-22(25)33/h16-22,25,32-33H,5-15H2,1-4H3,(H,29,31,34)/t16-,17+,18-,19+,20-,21+,22+,25-,27+,28-/m1/s1. The Hall–Kier alpha value is -1.09. The Balaban J connectivity index is 1.21. The van der Waals surface area contributed by atoms with Crippen LogP contribution in [0.15, 0.2) is 0 Å². The van der Waals surface area contributed by atoms with Crippen LogP contribution in [0, 0.1) is 46.3 Å². The molecule has 0 aromatic carbocycles. The number of anilines is 1. The summed E-state index contributed by atoms with van der Waals surface area (Å²) in [5.74, 6) is 3.05. The molecule has 0 spiro atoms. The van der Waals surface area contributed by atoms with Crippen LogP contribution >= 0.6 is 11.3 Å². The van der Waals surface area contributed by atoms with Crippen LogP contribution in [-0.4, -0.2) is 45.6 Å². The zero-order valence-corrected chi connectivity index (χ0v) is 23.2. The number of rotatable bonds is 7. The first kappa shape index (κ1) is 26.5. The van der Waals surface area contributed by atoms with Crippen LogP contribution in [0.1, 0.15) is 90.0 Å². The Bertz CT molecular complexity index is 942. The molecule has 8 heteroatoms. The maximum absolute atomic E-state index is 12.6. The van der Waals surface area contributed by atoms with Crippen molar-refractivity contribution in [1.82, 2.24) is 10.2 Å². The molecule has 0 saturated heterocycles. The molecule has 0 aliphatic heterocycles. The molecule has 1 aromatic rings. The zero-order valence-electron chi connectivity index (χ0n) is 22.4. The topological polar surface area (TPSA) is 105 Å². The summed E-state index contributed by atoms with van der Waals surface area (Å²) in [6.45, 7) is 7.70. The van der Waals surface area contributed by atoms with E-state index in [0.29, 0.717) is 53.7 Å². The molecule has 0 radical (unpaired) electrons. The highest BCUT2D eigenvalue weighted by Gasteiger charge is 2.62. The van der Waals surface area contributed by atoms with Gasteiger partial charge >= 0.3 is 0 Å². The lowest BCUT2D eigenvalue weighted by Crippen LogP contribution is -2.58. The molecule has 3 N–H and O–H groups in total. The minimum Gasteiger partial charge on any atom is -0.393 e. The van der Waals surface area contributed by atoms with E-state index in [1.807, 2.05) is 0 Å². The predicted octanol–water partition coefficient (Wildman–Crippen LogP) is 5.03. The van der Waals surface area contributed by atoms with Crippen molar-refractivity contribution in [1.29, 1.82) is 0 Å². The summed E-state index contributed by atoms with van der Waals surface area (Å²) in [6, 6.07) is 0. The van der Waals surface area contributed by atoms with E-state index in [9.17, 15) is 15.0 Å². The lowest BCUT2D eigenvalue weighted by molar-refractivity contribution is -0.174. The van der Waals surface area contributed by atoms with Crippen LogP contribution in [0.25, 0.3) is 0 Å². The van der Waals surface area contributed by atoms with Gasteiger partial charge in [0.1, 0.15) is 11.6 Å². The van der Waals surface area contributed by atoms with Crippen LogP contribution < -0.4 is 5.32 Å². The van der Waals surface area contributed by atoms with Gasteiger partial charge in [0.05, 0.1) is 12.2 Å². The third kappa shape index (κ3) is 4.65. The number of nitrogens with zero attached hydrogens (tertiary/aromatic N) is 2. The number of carbonyl (C=O) groups excluding carboxylic acids is 1. The van der Waals surface area contributed by atoms with Gasteiger partial charge in [-0.15, -0.1) is 10.2 Å². The van der Waals surface area contributed by atoms with Gasteiger partial charge in [-0.3, -0.25) is 4.79 Å². The van der Waals surface area contributed by atoms with E-state index in [4.69, 9.17) is 4.74 Å². The van der Waals surface area contributed by atoms with Crippen LogP contribution in [0.5, 0.6) is 0 Å². The van der Waals surface area contributed by atoms with Crippen molar-refractivity contribution in [2.45, 2.75) is 104 Å². The van der Waals surface area contributed by atoms with Gasteiger partial charge in [0, 0.05) is 13.5 Å². The second-order valence-corrected chi connectivity index (χ2v) is 14.0. The summed E-state index contributed by atoms with van der Waals surface area (Å²) in [6.07, 6.45) is 9.52. The molecular formula is C28H45N3O4S. The number of hydrogen-bond donors (Lipinski definition) is 3. The second-order valence-electron chi connectivity index (χ2n) is 13.0. The number of carbonyl (C=O) groups is 1. The molecule has 7 nitrogen and oxygen atoms in total. The molecule has 36 heavy (non-hydrogen) atoms. The van der Waals surface area contributed by atoms with Crippen molar-refractivity contribution < 1.29 is 19.7 Å². The van der Waals surface area contributed by atoms with Crippen molar-refractivity contribution in [2.75, 3.05) is 12.4 Å². The summed E-state index contributed by atoms with van der Waals surface area (Å²) in [7, 11) is 1.62. The number of amides is 1. The Kier molecular flexibility index (Phi) is 7.54. The SMILES string of the molecule is COCc1nnc(NC(=O)CC[C@@H](C)[C@@H]2CC[C@@H]3[C@H]4[C@@H](O)C[C@@H]5C[C@H](O)CC[C@]5(C)[C@H]4CC[C@@]32C)s1. The largest absolute Gasteiger partial charge is 0.393 e. The van der Waals surface area contributed by atoms with Gasteiger partial charge in [-0.1, -0.05) is 32.1 Å². The number of ether oxygens (including phenoxy) is 1. The third-order valence-electron chi connectivity index (χ3n) is 11.2. The summed E-state index contributed by atoms with van der Waals surface area (Å²) in [4.78, 5) is 12.6. The molecule has 4 fully saturated rings. The number of aromatic nitrogens is 2. The van der Waals surface area contributed by atoms with Gasteiger partial charge in [-0.2, -0.15) is 0 Å². The van der Waals surface area contributed by atoms with Crippen molar-refractivity contribution in [3.05, 3.63) is 5.01 Å². The first-order valence-electron chi connectivity index (χ1n) is 14.1. The maximum Gasteiger partial charge on any atom is 0.226 e. The van der Waals surface area contributed by atoms with Crippen LogP contribution in [0.4, 0.5) is 5.13 Å². The normalized spacial score (nSPS) is 42.8. The predicted molar refractivity (Wildman–Crippen MR) is 140 cm³/mol. The van der Waals surface area contributed by atoms with Gasteiger partial charge in [0.2, 0.25) is 11.0 Å². The fourth-order valence-electron chi connectivity index (χ4n) is 9.40. The molecule has 10 atom stereocenters.